The van der Waals surface area contributed by atoms with Gasteiger partial charge in [0.15, 0.2) is 0 Å². The molecule has 0 amide bonds. The molecule has 0 saturated heterocycles. The highest BCUT2D eigenvalue weighted by atomic mass is 32.2. The lowest BCUT2D eigenvalue weighted by Crippen LogP contribution is -2.19. The summed E-state index contributed by atoms with van der Waals surface area (Å²) in [5.41, 5.74) is 5.70. The van der Waals surface area contributed by atoms with Gasteiger partial charge in [0.05, 0.1) is 29.1 Å². The molecule has 2 N–H and O–H groups in total. The predicted molar refractivity (Wildman–Crippen MR) is 136 cm³/mol. The number of aldehydes is 1. The summed E-state index contributed by atoms with van der Waals surface area (Å²) in [4.78, 5) is 23.3. The van der Waals surface area contributed by atoms with E-state index in [9.17, 15) is 22.4 Å². The van der Waals surface area contributed by atoms with E-state index in [0.29, 0.717) is 17.2 Å². The Bertz CT molecular complexity index is 1720. The minimum Gasteiger partial charge on any atom is -0.492 e. The van der Waals surface area contributed by atoms with Crippen molar-refractivity contribution in [1.29, 1.82) is 0 Å². The topological polar surface area (TPSA) is 121 Å². The standard InChI is InChI=1S/C26H21F2N3O5S/c1-2-36-24-14-20(16-4-3-5-18(27)12-16)21(28)15-23(24)31-22-8-7-19(13-17(22)6-9-26(31)33)37(34,35)30-25(29)10-11-32/h3-9,11-15H,2,10H2,1H3,(H2,29,30). The van der Waals surface area contributed by atoms with Gasteiger partial charge in [0.2, 0.25) is 0 Å². The molecule has 1 aromatic heterocycles. The molecule has 0 saturated carbocycles. The lowest BCUT2D eigenvalue weighted by atomic mass is 10.0. The molecule has 4 aromatic rings. The van der Waals surface area contributed by atoms with Gasteiger partial charge in [-0.2, -0.15) is 8.42 Å². The van der Waals surface area contributed by atoms with E-state index in [1.807, 2.05) is 0 Å². The third kappa shape index (κ3) is 5.26. The molecule has 0 radical (unpaired) electrons. The fourth-order valence-corrected chi connectivity index (χ4v) is 4.83. The molecule has 0 atom stereocenters. The zero-order valence-electron chi connectivity index (χ0n) is 19.5. The molecule has 4 rings (SSSR count). The number of carbonyl (C=O) groups is 1. The summed E-state index contributed by atoms with van der Waals surface area (Å²) >= 11 is 0. The van der Waals surface area contributed by atoms with Crippen molar-refractivity contribution in [3.05, 3.63) is 88.7 Å². The first-order valence-electron chi connectivity index (χ1n) is 11.1. The maximum Gasteiger partial charge on any atom is 0.283 e. The van der Waals surface area contributed by atoms with Crippen LogP contribution >= 0.6 is 0 Å². The van der Waals surface area contributed by atoms with Crippen LogP contribution in [0.5, 0.6) is 5.75 Å². The Morgan fingerprint density at radius 1 is 1.08 bits per heavy atom. The van der Waals surface area contributed by atoms with Crippen molar-refractivity contribution in [1.82, 2.24) is 4.57 Å². The van der Waals surface area contributed by atoms with Gasteiger partial charge in [-0.3, -0.25) is 9.36 Å². The zero-order valence-corrected chi connectivity index (χ0v) is 20.3. The van der Waals surface area contributed by atoms with Crippen molar-refractivity contribution in [2.45, 2.75) is 18.2 Å². The van der Waals surface area contributed by atoms with E-state index in [4.69, 9.17) is 10.5 Å². The normalized spacial score (nSPS) is 12.0. The molecule has 0 bridgehead atoms. The largest absolute Gasteiger partial charge is 0.492 e. The summed E-state index contributed by atoms with van der Waals surface area (Å²) in [6.07, 6.45) is 0.0891. The van der Waals surface area contributed by atoms with Gasteiger partial charge in [0.25, 0.3) is 15.6 Å². The van der Waals surface area contributed by atoms with Crippen LogP contribution in [0.4, 0.5) is 8.78 Å². The molecule has 8 nitrogen and oxygen atoms in total. The first kappa shape index (κ1) is 25.7. The van der Waals surface area contributed by atoms with E-state index in [2.05, 4.69) is 4.40 Å². The Morgan fingerprint density at radius 3 is 2.57 bits per heavy atom. The molecule has 3 aromatic carbocycles. The van der Waals surface area contributed by atoms with Crippen molar-refractivity contribution >= 4 is 33.0 Å². The number of nitrogens with two attached hydrogens (primary N) is 1. The van der Waals surface area contributed by atoms with Crippen LogP contribution in [0.1, 0.15) is 13.3 Å². The third-order valence-electron chi connectivity index (χ3n) is 5.42. The van der Waals surface area contributed by atoms with Gasteiger partial charge in [-0.25, -0.2) is 8.78 Å². The molecule has 0 aliphatic heterocycles. The smallest absolute Gasteiger partial charge is 0.283 e. The van der Waals surface area contributed by atoms with Crippen LogP contribution in [-0.2, 0) is 14.8 Å². The van der Waals surface area contributed by atoms with Gasteiger partial charge in [-0.05, 0) is 55.0 Å². The minimum atomic E-state index is -4.22. The monoisotopic (exact) mass is 525 g/mol. The second-order valence-corrected chi connectivity index (χ2v) is 9.50. The number of rotatable bonds is 8. The number of amidine groups is 1. The van der Waals surface area contributed by atoms with Crippen molar-refractivity contribution in [2.75, 3.05) is 6.61 Å². The summed E-state index contributed by atoms with van der Waals surface area (Å²) in [5.74, 6) is -1.45. The highest BCUT2D eigenvalue weighted by Gasteiger charge is 2.19. The van der Waals surface area contributed by atoms with E-state index in [0.717, 1.165) is 6.07 Å². The highest BCUT2D eigenvalue weighted by Crippen LogP contribution is 2.34. The maximum atomic E-state index is 15.3. The number of carbonyl (C=O) groups excluding carboxylic acids is 1. The number of hydrogen-bond donors (Lipinski definition) is 1. The summed E-state index contributed by atoms with van der Waals surface area (Å²) in [7, 11) is -4.22. The number of halogens is 2. The van der Waals surface area contributed by atoms with Crippen molar-refractivity contribution in [3.63, 3.8) is 0 Å². The molecular weight excluding hydrogens is 504 g/mol. The third-order valence-corrected chi connectivity index (χ3v) is 6.74. The molecule has 11 heteroatoms. The quantitative estimate of drug-likeness (QED) is 0.211. The molecule has 190 valence electrons. The molecule has 0 spiro atoms. The molecule has 0 fully saturated rings. The van der Waals surface area contributed by atoms with Gasteiger partial charge < -0.3 is 15.3 Å². The van der Waals surface area contributed by atoms with Gasteiger partial charge in [-0.15, -0.1) is 4.40 Å². The number of sulfonamides is 1. The lowest BCUT2D eigenvalue weighted by molar-refractivity contribution is -0.106. The number of ether oxygens (including phenoxy) is 1. The van der Waals surface area contributed by atoms with Gasteiger partial charge >= 0.3 is 0 Å². The van der Waals surface area contributed by atoms with Gasteiger partial charge in [-0.1, -0.05) is 12.1 Å². The number of pyridine rings is 1. The van der Waals surface area contributed by atoms with E-state index in [1.165, 1.54) is 59.2 Å². The predicted octanol–water partition coefficient (Wildman–Crippen LogP) is 3.97. The molecular formula is C26H21F2N3O5S. The van der Waals surface area contributed by atoms with E-state index < -0.39 is 27.2 Å². The molecule has 0 aliphatic carbocycles. The average Bonchev–Trinajstić information content (AvgIpc) is 2.84. The van der Waals surface area contributed by atoms with Gasteiger partial charge in [0.1, 0.15) is 29.5 Å². The van der Waals surface area contributed by atoms with Crippen LogP contribution in [0.3, 0.4) is 0 Å². The average molecular weight is 526 g/mol. The van der Waals surface area contributed by atoms with E-state index in [-0.39, 0.29) is 46.3 Å². The second-order valence-electron chi connectivity index (χ2n) is 7.90. The van der Waals surface area contributed by atoms with E-state index >= 15 is 4.39 Å². The van der Waals surface area contributed by atoms with E-state index in [1.54, 1.807) is 13.0 Å². The molecule has 37 heavy (non-hydrogen) atoms. The summed E-state index contributed by atoms with van der Waals surface area (Å²) < 4.78 is 64.6. The number of fused-ring (bicyclic) bond motifs is 1. The lowest BCUT2D eigenvalue weighted by Gasteiger charge is -2.17. The number of nitrogens with zero attached hydrogens (tertiary/aromatic N) is 2. The van der Waals surface area contributed by atoms with Crippen molar-refractivity contribution in [2.24, 2.45) is 10.1 Å². The van der Waals surface area contributed by atoms with Crippen molar-refractivity contribution < 1.29 is 26.7 Å². The van der Waals surface area contributed by atoms with Crippen LogP contribution < -0.4 is 16.0 Å². The molecule has 1 heterocycles. The van der Waals surface area contributed by atoms with Crippen LogP contribution in [0.15, 0.2) is 80.8 Å². The second kappa shape index (κ2) is 10.3. The fraction of sp³-hybridized carbons (Fsp3) is 0.115. The summed E-state index contributed by atoms with van der Waals surface area (Å²) in [5, 5.41) is 0.335. The first-order valence-corrected chi connectivity index (χ1v) is 12.5. The maximum absolute atomic E-state index is 15.3. The van der Waals surface area contributed by atoms with Gasteiger partial charge in [0, 0.05) is 23.1 Å². The van der Waals surface area contributed by atoms with Crippen LogP contribution in [0.2, 0.25) is 0 Å². The SMILES string of the molecule is CCOc1cc(-c2cccc(F)c2)c(F)cc1-n1c(=O)ccc2cc(S(=O)(=O)N=C(N)CC=O)ccc21. The van der Waals surface area contributed by atoms with Crippen molar-refractivity contribution in [3.8, 4) is 22.6 Å². The molecule has 0 unspecified atom stereocenters. The first-order chi connectivity index (χ1) is 17.6. The Kier molecular flexibility index (Phi) is 7.16. The Hall–Kier alpha value is -4.38. The van der Waals surface area contributed by atoms with Crippen LogP contribution in [0.25, 0.3) is 27.7 Å². The minimum absolute atomic E-state index is 0.0824. The summed E-state index contributed by atoms with van der Waals surface area (Å²) in [6.45, 7) is 1.91. The number of aromatic nitrogens is 1. The number of hydrogen-bond acceptors (Lipinski definition) is 5. The molecule has 0 aliphatic rings. The Morgan fingerprint density at radius 2 is 1.86 bits per heavy atom. The zero-order chi connectivity index (χ0) is 26.7. The fourth-order valence-electron chi connectivity index (χ4n) is 3.83. The highest BCUT2D eigenvalue weighted by molar-refractivity contribution is 7.90. The Balaban J connectivity index is 1.91. The number of benzene rings is 3. The van der Waals surface area contributed by atoms with Crippen LogP contribution in [0, 0.1) is 11.6 Å². The Labute approximate surface area is 210 Å². The van der Waals surface area contributed by atoms with Crippen LogP contribution in [-0.4, -0.2) is 31.7 Å². The summed E-state index contributed by atoms with van der Waals surface area (Å²) in [6, 6.07) is 14.4.